The zero-order chi connectivity index (χ0) is 20.5. The molecule has 2 aromatic rings. The Labute approximate surface area is 156 Å². The number of nitrogens with one attached hydrogen (secondary N) is 2. The molecule has 1 unspecified atom stereocenters. The van der Waals surface area contributed by atoms with Crippen LogP contribution in [0.1, 0.15) is 6.92 Å². The number of alkyl halides is 3. The molecule has 0 fully saturated rings. The summed E-state index contributed by atoms with van der Waals surface area (Å²) in [6, 6.07) is 4.36. The van der Waals surface area contributed by atoms with Gasteiger partial charge >= 0.3 is 6.18 Å². The van der Waals surface area contributed by atoms with Gasteiger partial charge in [-0.2, -0.15) is 13.2 Å². The lowest BCUT2D eigenvalue weighted by Gasteiger charge is -2.25. The van der Waals surface area contributed by atoms with Crippen LogP contribution in [0.4, 0.5) is 24.8 Å². The van der Waals surface area contributed by atoms with E-state index in [9.17, 15) is 31.5 Å². The molecule has 1 aromatic heterocycles. The quantitative estimate of drug-likeness (QED) is 0.676. The number of amides is 1. The van der Waals surface area contributed by atoms with Gasteiger partial charge in [0.05, 0.1) is 15.6 Å². The normalized spacial score (nSPS) is 14.3. The number of nitrogens with zero attached hydrogens (tertiary/aromatic N) is 2. The van der Waals surface area contributed by atoms with E-state index in [1.807, 2.05) is 0 Å². The Balaban J connectivity index is 2.24. The molecule has 3 N–H and O–H groups in total. The first kappa shape index (κ1) is 20.9. The van der Waals surface area contributed by atoms with Crippen LogP contribution < -0.4 is 10.0 Å². The van der Waals surface area contributed by atoms with Crippen molar-refractivity contribution in [2.45, 2.75) is 23.6 Å². The molecular formula is C14H12ClF3N4O4S. The van der Waals surface area contributed by atoms with E-state index in [0.29, 0.717) is 0 Å². The fourth-order valence-corrected chi connectivity index (χ4v) is 2.94. The number of carbonyl (C=O) groups is 1. The molecule has 1 heterocycles. The first-order valence-electron chi connectivity index (χ1n) is 7.04. The van der Waals surface area contributed by atoms with Crippen LogP contribution in [0.25, 0.3) is 0 Å². The van der Waals surface area contributed by atoms with Gasteiger partial charge in [0.2, 0.25) is 11.5 Å². The maximum Gasteiger partial charge on any atom is 0.426 e. The van der Waals surface area contributed by atoms with Crippen molar-refractivity contribution in [3.63, 3.8) is 0 Å². The Kier molecular flexibility index (Phi) is 5.63. The second-order valence-corrected chi connectivity index (χ2v) is 7.43. The molecule has 146 valence electrons. The number of aliphatic hydroxyl groups is 1. The highest BCUT2D eigenvalue weighted by atomic mass is 35.5. The van der Waals surface area contributed by atoms with Crippen LogP contribution in [-0.4, -0.2) is 41.2 Å². The van der Waals surface area contributed by atoms with E-state index in [2.05, 4.69) is 14.7 Å². The molecule has 27 heavy (non-hydrogen) atoms. The van der Waals surface area contributed by atoms with Crippen LogP contribution in [0.3, 0.4) is 0 Å². The summed E-state index contributed by atoms with van der Waals surface area (Å²) in [4.78, 5) is 18.7. The van der Waals surface area contributed by atoms with Gasteiger partial charge in [0.25, 0.3) is 15.9 Å². The number of hydrogen-bond acceptors (Lipinski definition) is 6. The zero-order valence-electron chi connectivity index (χ0n) is 13.5. The van der Waals surface area contributed by atoms with Crippen LogP contribution in [0.15, 0.2) is 41.6 Å². The van der Waals surface area contributed by atoms with Crippen molar-refractivity contribution in [3.05, 3.63) is 41.7 Å². The molecule has 0 aliphatic heterocycles. The molecule has 0 spiro atoms. The first-order valence-corrected chi connectivity index (χ1v) is 8.90. The molecule has 1 atom stereocenters. The van der Waals surface area contributed by atoms with Gasteiger partial charge in [-0.25, -0.2) is 23.1 Å². The smallest absolute Gasteiger partial charge is 0.373 e. The van der Waals surface area contributed by atoms with Crippen LogP contribution in [0.2, 0.25) is 5.02 Å². The van der Waals surface area contributed by atoms with E-state index in [1.165, 1.54) is 18.5 Å². The summed E-state index contributed by atoms with van der Waals surface area (Å²) < 4.78 is 64.6. The molecule has 0 radical (unpaired) electrons. The standard InChI is InChI=1S/C14H12ClF3N4O4S/c1-13(24,14(16,17)18)11(23)21-10-4-3-8(7-9(10)15)27(25,26)22-12-19-5-2-6-20-12/h2-7,24H,1H3,(H,21,23)(H,19,20,22). The summed E-state index contributed by atoms with van der Waals surface area (Å²) in [5.41, 5.74) is -3.98. The number of anilines is 2. The average Bonchev–Trinajstić information content (AvgIpc) is 2.56. The molecular weight excluding hydrogens is 413 g/mol. The maximum atomic E-state index is 12.7. The van der Waals surface area contributed by atoms with Crippen molar-refractivity contribution in [1.82, 2.24) is 9.97 Å². The third kappa shape index (κ3) is 4.64. The Morgan fingerprint density at radius 3 is 2.33 bits per heavy atom. The van der Waals surface area contributed by atoms with Gasteiger partial charge in [-0.05, 0) is 31.2 Å². The minimum atomic E-state index is -5.22. The van der Waals surface area contributed by atoms with Crippen LogP contribution in [-0.2, 0) is 14.8 Å². The van der Waals surface area contributed by atoms with E-state index >= 15 is 0 Å². The van der Waals surface area contributed by atoms with E-state index in [-0.39, 0.29) is 28.5 Å². The van der Waals surface area contributed by atoms with Crippen LogP contribution in [0, 0.1) is 0 Å². The van der Waals surface area contributed by atoms with Gasteiger partial charge in [0.15, 0.2) is 0 Å². The molecule has 1 amide bonds. The van der Waals surface area contributed by atoms with Crippen molar-refractivity contribution < 1.29 is 31.5 Å². The summed E-state index contributed by atoms with van der Waals surface area (Å²) in [5.74, 6) is -1.98. The Hall–Kier alpha value is -2.44. The van der Waals surface area contributed by atoms with E-state index in [1.54, 1.807) is 5.32 Å². The minimum Gasteiger partial charge on any atom is -0.373 e. The maximum absolute atomic E-state index is 12.7. The van der Waals surface area contributed by atoms with Crippen LogP contribution >= 0.6 is 11.6 Å². The lowest BCUT2D eigenvalue weighted by Crippen LogP contribution is -2.52. The van der Waals surface area contributed by atoms with Crippen molar-refractivity contribution in [1.29, 1.82) is 0 Å². The van der Waals surface area contributed by atoms with E-state index in [4.69, 9.17) is 11.6 Å². The Morgan fingerprint density at radius 2 is 1.81 bits per heavy atom. The number of rotatable bonds is 5. The molecule has 0 aliphatic rings. The highest BCUT2D eigenvalue weighted by Gasteiger charge is 2.55. The summed E-state index contributed by atoms with van der Waals surface area (Å²) in [6.07, 6.45) is -2.60. The van der Waals surface area contributed by atoms with Gasteiger partial charge in [-0.3, -0.25) is 4.79 Å². The summed E-state index contributed by atoms with van der Waals surface area (Å²) in [5, 5.41) is 10.8. The number of halogens is 4. The monoisotopic (exact) mass is 424 g/mol. The first-order chi connectivity index (χ1) is 12.3. The Morgan fingerprint density at radius 1 is 1.22 bits per heavy atom. The van der Waals surface area contributed by atoms with Gasteiger partial charge in [-0.1, -0.05) is 11.6 Å². The summed E-state index contributed by atoms with van der Waals surface area (Å²) >= 11 is 5.85. The highest BCUT2D eigenvalue weighted by Crippen LogP contribution is 2.32. The predicted molar refractivity (Wildman–Crippen MR) is 89.6 cm³/mol. The third-order valence-electron chi connectivity index (χ3n) is 3.28. The van der Waals surface area contributed by atoms with E-state index < -0.39 is 27.7 Å². The topological polar surface area (TPSA) is 121 Å². The summed E-state index contributed by atoms with van der Waals surface area (Å²) in [6.45, 7) is 0.277. The SMILES string of the molecule is CC(O)(C(=O)Nc1ccc(S(=O)(=O)Nc2ncccn2)cc1Cl)C(F)(F)F. The van der Waals surface area contributed by atoms with Crippen LogP contribution in [0.5, 0.6) is 0 Å². The lowest BCUT2D eigenvalue weighted by molar-refractivity contribution is -0.242. The minimum absolute atomic E-state index is 0.202. The number of benzene rings is 1. The van der Waals surface area contributed by atoms with Gasteiger partial charge in [0.1, 0.15) is 0 Å². The van der Waals surface area contributed by atoms with Gasteiger partial charge in [0, 0.05) is 12.4 Å². The van der Waals surface area contributed by atoms with Crippen molar-refractivity contribution in [2.24, 2.45) is 0 Å². The van der Waals surface area contributed by atoms with E-state index in [0.717, 1.165) is 18.2 Å². The number of sulfonamides is 1. The fourth-order valence-electron chi connectivity index (χ4n) is 1.67. The highest BCUT2D eigenvalue weighted by molar-refractivity contribution is 7.92. The molecule has 0 saturated heterocycles. The number of carbonyl (C=O) groups excluding carboxylic acids is 1. The fraction of sp³-hybridized carbons (Fsp3) is 0.214. The van der Waals surface area contributed by atoms with Crippen molar-refractivity contribution in [2.75, 3.05) is 10.0 Å². The molecule has 13 heteroatoms. The molecule has 2 rings (SSSR count). The molecule has 0 bridgehead atoms. The largest absolute Gasteiger partial charge is 0.426 e. The molecule has 0 aliphatic carbocycles. The van der Waals surface area contributed by atoms with Crippen molar-refractivity contribution >= 4 is 39.2 Å². The molecule has 0 saturated carbocycles. The van der Waals surface area contributed by atoms with Gasteiger partial charge < -0.3 is 10.4 Å². The second-order valence-electron chi connectivity index (χ2n) is 5.34. The second kappa shape index (κ2) is 7.29. The summed E-state index contributed by atoms with van der Waals surface area (Å²) in [7, 11) is -4.13. The van der Waals surface area contributed by atoms with Crippen molar-refractivity contribution in [3.8, 4) is 0 Å². The lowest BCUT2D eigenvalue weighted by atomic mass is 10.1. The number of aromatic nitrogens is 2. The number of hydrogen-bond donors (Lipinski definition) is 3. The predicted octanol–water partition coefficient (Wildman–Crippen LogP) is 2.18. The van der Waals surface area contributed by atoms with Gasteiger partial charge in [-0.15, -0.1) is 0 Å². The third-order valence-corrected chi connectivity index (χ3v) is 4.92. The molecule has 1 aromatic carbocycles. The zero-order valence-corrected chi connectivity index (χ0v) is 15.0. The Bertz CT molecular complexity index is 953. The molecule has 8 nitrogen and oxygen atoms in total. The average molecular weight is 425 g/mol.